The third-order valence-electron chi connectivity index (χ3n) is 1.39. The van der Waals surface area contributed by atoms with E-state index in [1.165, 1.54) is 31.8 Å². The molecule has 0 aromatic rings. The first-order chi connectivity index (χ1) is 6.52. The zero-order valence-electron chi connectivity index (χ0n) is 7.61. The molecule has 5 atom stereocenters. The smallest absolute Gasteiger partial charge is 0.307 e. The van der Waals surface area contributed by atoms with E-state index in [4.69, 9.17) is 0 Å². The van der Waals surface area contributed by atoms with Crippen molar-refractivity contribution in [3.05, 3.63) is 11.8 Å². The molecule has 0 aliphatic heterocycles. The summed E-state index contributed by atoms with van der Waals surface area (Å²) in [6, 6.07) is -1.77. The van der Waals surface area contributed by atoms with E-state index in [1.54, 1.807) is 0 Å². The van der Waals surface area contributed by atoms with Gasteiger partial charge in [-0.05, 0) is 6.92 Å². The highest BCUT2D eigenvalue weighted by Gasteiger charge is 2.53. The molecule has 0 amide bonds. The Morgan fingerprint density at radius 2 is 1.80 bits per heavy atom. The lowest BCUT2D eigenvalue weighted by Gasteiger charge is -2.35. The minimum atomic E-state index is -3.02. The maximum Gasteiger partial charge on any atom is 0.307 e. The third-order valence-corrected chi connectivity index (χ3v) is 3.34. The Labute approximate surface area is 106 Å². The van der Waals surface area contributed by atoms with Gasteiger partial charge >= 0.3 is 11.9 Å². The predicted octanol–water partition coefficient (Wildman–Crippen LogP) is 3.81. The van der Waals surface area contributed by atoms with E-state index in [2.05, 4.69) is 4.74 Å². The fourth-order valence-electron chi connectivity index (χ4n) is 0.547. The van der Waals surface area contributed by atoms with Gasteiger partial charge in [-0.25, -0.2) is 8.78 Å². The van der Waals surface area contributed by atoms with Gasteiger partial charge in [-0.2, -0.15) is 8.78 Å². The molecule has 0 bridgehead atoms. The molecule has 0 aliphatic carbocycles. The maximum atomic E-state index is 13.9. The van der Waals surface area contributed by atoms with Crippen LogP contribution in [0.25, 0.3) is 0 Å². The highest BCUT2D eigenvalue weighted by atomic mass is 127. The Morgan fingerprint density at radius 1 is 1.40 bits per heavy atom. The number of halogens is 5. The molecular formula is C6H10F4IOP3. The molecule has 0 aromatic carbocycles. The molecular weight excluding hydrogens is 384 g/mol. The van der Waals surface area contributed by atoms with Crippen molar-refractivity contribution in [1.29, 1.82) is 0 Å². The largest absolute Gasteiger partial charge is 0.426 e. The van der Waals surface area contributed by atoms with E-state index in [-0.39, 0.29) is 0 Å². The average Bonchev–Trinajstić information content (AvgIpc) is 2.01. The van der Waals surface area contributed by atoms with Gasteiger partial charge in [-0.3, -0.25) is 0 Å². The summed E-state index contributed by atoms with van der Waals surface area (Å²) < 4.78 is 54.5. The lowest BCUT2D eigenvalue weighted by molar-refractivity contribution is -0.145. The monoisotopic (exact) mass is 394 g/mol. The first-order valence-electron chi connectivity index (χ1n) is 3.58. The van der Waals surface area contributed by atoms with Crippen molar-refractivity contribution in [2.45, 2.75) is 21.6 Å². The van der Waals surface area contributed by atoms with Crippen LogP contribution in [-0.4, -0.2) is 14.7 Å². The van der Waals surface area contributed by atoms with Gasteiger partial charge in [-0.15, -0.1) is 18.5 Å². The average molecular weight is 394 g/mol. The summed E-state index contributed by atoms with van der Waals surface area (Å²) in [6.07, 6.45) is 0. The number of hydrogen-bond donors (Lipinski definition) is 0. The van der Waals surface area contributed by atoms with Crippen LogP contribution in [-0.2, 0) is 4.74 Å². The van der Waals surface area contributed by atoms with Crippen molar-refractivity contribution in [2.24, 2.45) is 0 Å². The Balaban J connectivity index is 5.10. The molecule has 9 heteroatoms. The fourth-order valence-corrected chi connectivity index (χ4v) is 2.46. The maximum absolute atomic E-state index is 13.9. The van der Waals surface area contributed by atoms with Crippen LogP contribution in [0.15, 0.2) is 11.8 Å². The van der Waals surface area contributed by atoms with Crippen molar-refractivity contribution in [2.75, 3.05) is 0 Å². The van der Waals surface area contributed by atoms with Gasteiger partial charge < -0.3 is 4.74 Å². The fraction of sp³-hybridized carbons (Fsp3) is 0.667. The molecule has 1 nitrogen and oxygen atoms in total. The van der Waals surface area contributed by atoms with Gasteiger partial charge in [0.2, 0.25) is 0 Å². The molecule has 5 unspecified atom stereocenters. The lowest BCUT2D eigenvalue weighted by atomic mass is 10.4. The van der Waals surface area contributed by atoms with Crippen LogP contribution in [0.3, 0.4) is 0 Å². The molecule has 0 heterocycles. The number of alkyl halides is 3. The second kappa shape index (κ2) is 5.75. The highest BCUT2D eigenvalue weighted by Crippen LogP contribution is 2.52. The Hall–Kier alpha value is 1.28. The van der Waals surface area contributed by atoms with Crippen molar-refractivity contribution in [1.82, 2.24) is 0 Å². The van der Waals surface area contributed by atoms with Gasteiger partial charge in [0.1, 0.15) is 2.90 Å². The minimum absolute atomic E-state index is 0.742. The first-order valence-corrected chi connectivity index (χ1v) is 6.48. The Bertz CT molecular complexity index is 264. The summed E-state index contributed by atoms with van der Waals surface area (Å²) in [5.74, 6) is -6.59. The Kier molecular flexibility index (Phi) is 6.24. The van der Waals surface area contributed by atoms with E-state index < -0.39 is 26.5 Å². The zero-order valence-corrected chi connectivity index (χ0v) is 13.2. The van der Waals surface area contributed by atoms with Gasteiger partial charge in [0.15, 0.2) is 11.7 Å². The van der Waals surface area contributed by atoms with Crippen molar-refractivity contribution in [3.8, 4) is 0 Å². The van der Waals surface area contributed by atoms with Crippen LogP contribution in [0.1, 0.15) is 6.92 Å². The molecule has 0 aromatic heterocycles. The molecule has 0 aliphatic rings. The van der Waals surface area contributed by atoms with Crippen molar-refractivity contribution in [3.63, 3.8) is 0 Å². The zero-order chi connectivity index (χ0) is 12.4. The van der Waals surface area contributed by atoms with Crippen LogP contribution in [0.2, 0.25) is 0 Å². The van der Waals surface area contributed by atoms with Gasteiger partial charge in [0, 0.05) is 0 Å². The third kappa shape index (κ3) is 4.22. The second-order valence-corrected chi connectivity index (χ2v) is 9.93. The quantitative estimate of drug-likeness (QED) is 0.232. The lowest BCUT2D eigenvalue weighted by Crippen LogP contribution is -2.45. The second-order valence-electron chi connectivity index (χ2n) is 2.72. The highest BCUT2D eigenvalue weighted by molar-refractivity contribution is 14.1. The Morgan fingerprint density at radius 3 is 2.00 bits per heavy atom. The molecule has 15 heavy (non-hydrogen) atoms. The standard InChI is InChI=1S/C6H10F4IOP3/c1-2(7)3(8)12-5(10,4(9)13)6(11,14)15/h4H,13-15H2,1H3/b3-2-. The molecule has 0 N–H and O–H groups in total. The summed E-state index contributed by atoms with van der Waals surface area (Å²) in [7, 11) is 5.37. The molecule has 0 saturated heterocycles. The van der Waals surface area contributed by atoms with Gasteiger partial charge in [0.25, 0.3) is 0 Å². The summed E-state index contributed by atoms with van der Waals surface area (Å²) in [4.78, 5) is 0. The topological polar surface area (TPSA) is 9.23 Å². The minimum Gasteiger partial charge on any atom is -0.426 e. The molecule has 0 saturated carbocycles. The molecule has 90 valence electrons. The summed E-state index contributed by atoms with van der Waals surface area (Å²) in [5, 5.41) is 0. The van der Waals surface area contributed by atoms with E-state index in [9.17, 15) is 17.6 Å². The SMILES string of the molecule is C/C(F)=C(\F)OC(F)(C(F)P)C(P)(P)I. The van der Waals surface area contributed by atoms with Crippen LogP contribution in [0, 0.1) is 0 Å². The van der Waals surface area contributed by atoms with Gasteiger partial charge in [-0.1, -0.05) is 31.8 Å². The molecule has 0 radical (unpaired) electrons. The van der Waals surface area contributed by atoms with E-state index >= 15 is 0 Å². The van der Waals surface area contributed by atoms with E-state index in [0.717, 1.165) is 6.92 Å². The van der Waals surface area contributed by atoms with Crippen LogP contribution < -0.4 is 0 Å². The van der Waals surface area contributed by atoms with Crippen LogP contribution in [0.4, 0.5) is 17.6 Å². The van der Waals surface area contributed by atoms with Crippen LogP contribution >= 0.6 is 50.3 Å². The number of allylic oxidation sites excluding steroid dienone is 1. The van der Waals surface area contributed by atoms with Crippen LogP contribution in [0.5, 0.6) is 0 Å². The summed E-state index contributed by atoms with van der Waals surface area (Å²) in [5.41, 5.74) is 0. The normalized spacial score (nSPS) is 20.3. The molecule has 0 fully saturated rings. The molecule has 0 rings (SSSR count). The number of hydrogen-bond acceptors (Lipinski definition) is 1. The van der Waals surface area contributed by atoms with Crippen molar-refractivity contribution >= 4 is 50.3 Å². The number of rotatable bonds is 4. The summed E-state index contributed by atoms with van der Waals surface area (Å²) in [6.45, 7) is 0.742. The summed E-state index contributed by atoms with van der Waals surface area (Å²) >= 11 is 1.49. The first kappa shape index (κ1) is 16.3. The predicted molar refractivity (Wildman–Crippen MR) is 70.6 cm³/mol. The number of ether oxygens (including phenoxy) is 1. The molecule has 0 spiro atoms. The van der Waals surface area contributed by atoms with Crippen molar-refractivity contribution < 1.29 is 22.3 Å². The van der Waals surface area contributed by atoms with E-state index in [0.29, 0.717) is 0 Å². The van der Waals surface area contributed by atoms with E-state index in [1.807, 2.05) is 18.5 Å². The van der Waals surface area contributed by atoms with Gasteiger partial charge in [0.05, 0.1) is 0 Å².